The fourth-order valence-electron chi connectivity index (χ4n) is 3.11. The number of hydrogen-bond acceptors (Lipinski definition) is 4. The van der Waals surface area contributed by atoms with Crippen LogP contribution in [0, 0.1) is 27.7 Å². The standard InChI is InChI=1S/C21H24N4O3S/c1-14-8-10-19(11-9-14)25(29(27,28)21-16(3)23-24-17(21)4)13-20(26)22-18-7-5-6-15(2)12-18/h5-12H,13H2,1-4H3,(H,22,26)(H,23,24). The number of hydrogen-bond donors (Lipinski definition) is 2. The van der Waals surface area contributed by atoms with E-state index in [1.807, 2.05) is 44.2 Å². The number of anilines is 2. The highest BCUT2D eigenvalue weighted by atomic mass is 32.2. The third-order valence-electron chi connectivity index (χ3n) is 4.52. The highest BCUT2D eigenvalue weighted by Gasteiger charge is 2.31. The van der Waals surface area contributed by atoms with Crippen molar-refractivity contribution in [1.82, 2.24) is 10.2 Å². The Hall–Kier alpha value is -3.13. The van der Waals surface area contributed by atoms with E-state index in [1.165, 1.54) is 0 Å². The molecule has 0 saturated heterocycles. The van der Waals surface area contributed by atoms with Crippen LogP contribution in [-0.2, 0) is 14.8 Å². The van der Waals surface area contributed by atoms with Crippen molar-refractivity contribution in [2.45, 2.75) is 32.6 Å². The summed E-state index contributed by atoms with van der Waals surface area (Å²) in [6, 6.07) is 14.3. The summed E-state index contributed by atoms with van der Waals surface area (Å²) in [5.74, 6) is -0.432. The zero-order valence-corrected chi connectivity index (χ0v) is 17.7. The monoisotopic (exact) mass is 412 g/mol. The first-order chi connectivity index (χ1) is 13.7. The van der Waals surface area contributed by atoms with Gasteiger partial charge >= 0.3 is 0 Å². The first-order valence-corrected chi connectivity index (χ1v) is 10.6. The number of sulfonamides is 1. The Bertz CT molecular complexity index is 1120. The van der Waals surface area contributed by atoms with Crippen LogP contribution < -0.4 is 9.62 Å². The lowest BCUT2D eigenvalue weighted by molar-refractivity contribution is -0.114. The van der Waals surface area contributed by atoms with E-state index in [1.54, 1.807) is 32.0 Å². The smallest absolute Gasteiger partial charge is 0.268 e. The minimum absolute atomic E-state index is 0.0847. The lowest BCUT2D eigenvalue weighted by atomic mass is 10.2. The minimum atomic E-state index is -4.00. The summed E-state index contributed by atoms with van der Waals surface area (Å²) in [6.07, 6.45) is 0. The molecule has 152 valence electrons. The molecule has 0 aliphatic heterocycles. The van der Waals surface area contributed by atoms with E-state index in [4.69, 9.17) is 0 Å². The van der Waals surface area contributed by atoms with Gasteiger partial charge in [0.05, 0.1) is 17.1 Å². The van der Waals surface area contributed by atoms with Crippen LogP contribution in [0.5, 0.6) is 0 Å². The second-order valence-electron chi connectivity index (χ2n) is 7.03. The average Bonchev–Trinajstić information content (AvgIpc) is 2.99. The number of carbonyl (C=O) groups is 1. The number of nitrogens with zero attached hydrogens (tertiary/aromatic N) is 2. The summed E-state index contributed by atoms with van der Waals surface area (Å²) in [5.41, 5.74) is 3.81. The Morgan fingerprint density at radius 2 is 1.72 bits per heavy atom. The number of rotatable bonds is 6. The average molecular weight is 413 g/mol. The molecule has 1 heterocycles. The molecule has 3 aromatic rings. The van der Waals surface area contributed by atoms with Crippen molar-refractivity contribution in [2.24, 2.45) is 0 Å². The van der Waals surface area contributed by atoms with Crippen molar-refractivity contribution in [2.75, 3.05) is 16.2 Å². The summed E-state index contributed by atoms with van der Waals surface area (Å²) in [4.78, 5) is 12.8. The van der Waals surface area contributed by atoms with Crippen molar-refractivity contribution >= 4 is 27.3 Å². The summed E-state index contributed by atoms with van der Waals surface area (Å²) in [5, 5.41) is 9.47. The molecule has 0 atom stereocenters. The van der Waals surface area contributed by atoms with E-state index in [0.717, 1.165) is 15.4 Å². The lowest BCUT2D eigenvalue weighted by Crippen LogP contribution is -2.38. The summed E-state index contributed by atoms with van der Waals surface area (Å²) in [6.45, 7) is 6.74. The normalized spacial score (nSPS) is 11.3. The van der Waals surface area contributed by atoms with Crippen LogP contribution in [0.1, 0.15) is 22.5 Å². The number of aryl methyl sites for hydroxylation is 4. The van der Waals surface area contributed by atoms with Gasteiger partial charge in [0, 0.05) is 5.69 Å². The summed E-state index contributed by atoms with van der Waals surface area (Å²) >= 11 is 0. The Balaban J connectivity index is 1.97. The van der Waals surface area contributed by atoms with E-state index < -0.39 is 15.9 Å². The van der Waals surface area contributed by atoms with Crippen molar-refractivity contribution in [1.29, 1.82) is 0 Å². The highest BCUT2D eigenvalue weighted by molar-refractivity contribution is 7.93. The van der Waals surface area contributed by atoms with Crippen LogP contribution in [0.3, 0.4) is 0 Å². The highest BCUT2D eigenvalue weighted by Crippen LogP contribution is 2.27. The van der Waals surface area contributed by atoms with Crippen molar-refractivity contribution in [3.8, 4) is 0 Å². The predicted molar refractivity (Wildman–Crippen MR) is 114 cm³/mol. The molecule has 0 aliphatic carbocycles. The van der Waals surface area contributed by atoms with Gasteiger partial charge in [0.25, 0.3) is 10.0 Å². The first kappa shape index (κ1) is 20.6. The summed E-state index contributed by atoms with van der Waals surface area (Å²) in [7, 11) is -4.00. The molecule has 0 aliphatic rings. The van der Waals surface area contributed by atoms with Gasteiger partial charge in [-0.3, -0.25) is 14.2 Å². The van der Waals surface area contributed by atoms with Crippen LogP contribution in [0.15, 0.2) is 53.4 Å². The Morgan fingerprint density at radius 3 is 2.31 bits per heavy atom. The molecule has 2 N–H and O–H groups in total. The maximum atomic E-state index is 13.4. The van der Waals surface area contributed by atoms with Gasteiger partial charge in [0.2, 0.25) is 5.91 Å². The Kier molecular flexibility index (Phi) is 5.74. The maximum absolute atomic E-state index is 13.4. The topological polar surface area (TPSA) is 95.2 Å². The Labute approximate surface area is 170 Å². The van der Waals surface area contributed by atoms with Gasteiger partial charge < -0.3 is 5.32 Å². The molecule has 3 rings (SSSR count). The van der Waals surface area contributed by atoms with E-state index in [2.05, 4.69) is 15.5 Å². The zero-order valence-electron chi connectivity index (χ0n) is 16.9. The number of H-pyrrole nitrogens is 1. The summed E-state index contributed by atoms with van der Waals surface area (Å²) < 4.78 is 28.0. The molecule has 0 saturated carbocycles. The zero-order chi connectivity index (χ0) is 21.2. The van der Waals surface area contributed by atoms with Gasteiger partial charge in [0.15, 0.2) is 0 Å². The minimum Gasteiger partial charge on any atom is -0.325 e. The van der Waals surface area contributed by atoms with Gasteiger partial charge in [-0.2, -0.15) is 5.10 Å². The molecule has 7 nitrogen and oxygen atoms in total. The molecule has 29 heavy (non-hydrogen) atoms. The fraction of sp³-hybridized carbons (Fsp3) is 0.238. The third kappa shape index (κ3) is 4.48. The molecular weight excluding hydrogens is 388 g/mol. The lowest BCUT2D eigenvalue weighted by Gasteiger charge is -2.24. The fourth-order valence-corrected chi connectivity index (χ4v) is 4.87. The first-order valence-electron chi connectivity index (χ1n) is 9.16. The molecular formula is C21H24N4O3S. The maximum Gasteiger partial charge on any atom is 0.268 e. The molecule has 0 fully saturated rings. The number of amides is 1. The number of nitrogens with one attached hydrogen (secondary N) is 2. The van der Waals surface area contributed by atoms with E-state index >= 15 is 0 Å². The molecule has 0 radical (unpaired) electrons. The van der Waals surface area contributed by atoms with E-state index in [9.17, 15) is 13.2 Å². The number of aromatic amines is 1. The molecule has 1 aromatic heterocycles. The van der Waals surface area contributed by atoms with E-state index in [0.29, 0.717) is 22.8 Å². The molecule has 0 spiro atoms. The van der Waals surface area contributed by atoms with E-state index in [-0.39, 0.29) is 11.4 Å². The number of benzene rings is 2. The van der Waals surface area contributed by atoms with Crippen LogP contribution in [0.25, 0.3) is 0 Å². The number of aromatic nitrogens is 2. The molecule has 2 aromatic carbocycles. The van der Waals surface area contributed by atoms with Gasteiger partial charge in [-0.25, -0.2) is 8.42 Å². The van der Waals surface area contributed by atoms with Gasteiger partial charge in [-0.15, -0.1) is 0 Å². The van der Waals surface area contributed by atoms with Crippen LogP contribution >= 0.6 is 0 Å². The van der Waals surface area contributed by atoms with Crippen LogP contribution in [0.2, 0.25) is 0 Å². The van der Waals surface area contributed by atoms with Crippen molar-refractivity contribution < 1.29 is 13.2 Å². The quantitative estimate of drug-likeness (QED) is 0.648. The van der Waals surface area contributed by atoms with Crippen molar-refractivity contribution in [3.05, 3.63) is 71.0 Å². The van der Waals surface area contributed by atoms with Gasteiger partial charge in [-0.05, 0) is 57.5 Å². The molecule has 0 unspecified atom stereocenters. The molecule has 1 amide bonds. The van der Waals surface area contributed by atoms with Crippen molar-refractivity contribution in [3.63, 3.8) is 0 Å². The number of carbonyl (C=O) groups excluding carboxylic acids is 1. The molecule has 0 bridgehead atoms. The largest absolute Gasteiger partial charge is 0.325 e. The van der Waals surface area contributed by atoms with Gasteiger partial charge in [0.1, 0.15) is 11.4 Å². The SMILES string of the molecule is Cc1ccc(N(CC(=O)Nc2cccc(C)c2)S(=O)(=O)c2c(C)n[nH]c2C)cc1. The third-order valence-corrected chi connectivity index (χ3v) is 6.56. The predicted octanol–water partition coefficient (Wildman–Crippen LogP) is 3.48. The van der Waals surface area contributed by atoms with Gasteiger partial charge in [-0.1, -0.05) is 29.8 Å². The van der Waals surface area contributed by atoms with Crippen LogP contribution in [-0.4, -0.2) is 31.1 Å². The second kappa shape index (κ2) is 8.08. The second-order valence-corrected chi connectivity index (χ2v) is 8.83. The van der Waals surface area contributed by atoms with Crippen LogP contribution in [0.4, 0.5) is 11.4 Å². The molecule has 8 heteroatoms. The Morgan fingerprint density at radius 1 is 1.03 bits per heavy atom.